The van der Waals surface area contributed by atoms with Crippen molar-refractivity contribution in [2.45, 2.75) is 25.8 Å². The number of benzene rings is 1. The first-order valence-corrected chi connectivity index (χ1v) is 7.15. The maximum atomic E-state index is 11.8. The molecule has 1 heterocycles. The molecule has 0 aliphatic rings. The highest BCUT2D eigenvalue weighted by Gasteiger charge is 2.21. The Kier molecular flexibility index (Phi) is 4.91. The molecule has 2 amide bonds. The zero-order valence-electron chi connectivity index (χ0n) is 12.2. The van der Waals surface area contributed by atoms with Gasteiger partial charge in [0.25, 0.3) is 0 Å². The van der Waals surface area contributed by atoms with Gasteiger partial charge in [-0.3, -0.25) is 0 Å². The van der Waals surface area contributed by atoms with Gasteiger partial charge in [0.1, 0.15) is 5.76 Å². The molecular weight excluding hydrogens is 288 g/mol. The Bertz CT molecular complexity index is 577. The van der Waals surface area contributed by atoms with Crippen LogP contribution in [0.25, 0.3) is 0 Å². The van der Waals surface area contributed by atoms with Crippen molar-refractivity contribution in [1.82, 2.24) is 10.6 Å². The van der Waals surface area contributed by atoms with Crippen molar-refractivity contribution in [3.8, 4) is 0 Å². The van der Waals surface area contributed by atoms with E-state index in [0.29, 0.717) is 18.1 Å². The summed E-state index contributed by atoms with van der Waals surface area (Å²) in [6.07, 6.45) is 1.58. The number of furan rings is 1. The lowest BCUT2D eigenvalue weighted by Crippen LogP contribution is -2.42. The number of carbonyl (C=O) groups is 1. The highest BCUT2D eigenvalue weighted by Crippen LogP contribution is 2.23. The summed E-state index contributed by atoms with van der Waals surface area (Å²) in [5, 5.41) is 6.33. The molecule has 21 heavy (non-hydrogen) atoms. The van der Waals surface area contributed by atoms with E-state index in [1.165, 1.54) is 0 Å². The fourth-order valence-electron chi connectivity index (χ4n) is 1.95. The number of urea groups is 1. The Morgan fingerprint density at radius 2 is 1.90 bits per heavy atom. The molecule has 0 aliphatic heterocycles. The molecule has 0 atom stereocenters. The van der Waals surface area contributed by atoms with Gasteiger partial charge in [0.05, 0.1) is 12.8 Å². The summed E-state index contributed by atoms with van der Waals surface area (Å²) in [6.45, 7) is 5.05. The minimum atomic E-state index is -0.214. The Balaban J connectivity index is 1.83. The van der Waals surface area contributed by atoms with Crippen LogP contribution in [0.3, 0.4) is 0 Å². The third-order valence-electron chi connectivity index (χ3n) is 3.32. The molecule has 2 aromatic rings. The average molecular weight is 307 g/mol. The molecule has 0 bridgehead atoms. The molecule has 5 heteroatoms. The van der Waals surface area contributed by atoms with Crippen LogP contribution >= 0.6 is 11.6 Å². The lowest BCUT2D eigenvalue weighted by Gasteiger charge is -2.25. The molecule has 1 aromatic carbocycles. The van der Waals surface area contributed by atoms with E-state index in [0.717, 1.165) is 11.3 Å². The van der Waals surface area contributed by atoms with Gasteiger partial charge >= 0.3 is 6.03 Å². The summed E-state index contributed by atoms with van der Waals surface area (Å²) in [7, 11) is 0. The van der Waals surface area contributed by atoms with Crippen LogP contribution in [0.2, 0.25) is 5.02 Å². The fourth-order valence-corrected chi connectivity index (χ4v) is 2.07. The normalized spacial score (nSPS) is 11.2. The van der Waals surface area contributed by atoms with Gasteiger partial charge in [-0.1, -0.05) is 37.6 Å². The van der Waals surface area contributed by atoms with Gasteiger partial charge in [0.15, 0.2) is 0 Å². The van der Waals surface area contributed by atoms with Gasteiger partial charge in [0.2, 0.25) is 0 Å². The molecule has 2 N–H and O–H groups in total. The number of carbonyl (C=O) groups excluding carboxylic acids is 1. The van der Waals surface area contributed by atoms with E-state index < -0.39 is 0 Å². The Labute approximate surface area is 129 Å². The Hall–Kier alpha value is -1.94. The molecule has 0 radical (unpaired) electrons. The van der Waals surface area contributed by atoms with Crippen LogP contribution in [0.1, 0.15) is 25.2 Å². The van der Waals surface area contributed by atoms with Gasteiger partial charge in [0, 0.05) is 17.0 Å². The van der Waals surface area contributed by atoms with Crippen LogP contribution in [-0.2, 0) is 12.0 Å². The largest absolute Gasteiger partial charge is 0.467 e. The second-order valence-corrected chi connectivity index (χ2v) is 5.94. The standard InChI is InChI=1S/C16H19ClN2O2/c1-16(2,12-5-7-13(17)8-6-12)11-19-15(20)18-10-14-4-3-9-21-14/h3-9H,10-11H2,1-2H3,(H2,18,19,20). The number of nitrogens with one attached hydrogen (secondary N) is 2. The monoisotopic (exact) mass is 306 g/mol. The summed E-state index contributed by atoms with van der Waals surface area (Å²) in [5.41, 5.74) is 0.949. The molecule has 0 spiro atoms. The second kappa shape index (κ2) is 6.68. The van der Waals surface area contributed by atoms with Gasteiger partial charge in [-0.2, -0.15) is 0 Å². The van der Waals surface area contributed by atoms with Gasteiger partial charge in [-0.15, -0.1) is 0 Å². The second-order valence-electron chi connectivity index (χ2n) is 5.51. The van der Waals surface area contributed by atoms with Crippen LogP contribution < -0.4 is 10.6 Å². The number of rotatable bonds is 5. The van der Waals surface area contributed by atoms with Crippen LogP contribution in [0.4, 0.5) is 4.79 Å². The minimum Gasteiger partial charge on any atom is -0.467 e. The molecular formula is C16H19ClN2O2. The molecule has 0 fully saturated rings. The summed E-state index contributed by atoms with van der Waals surface area (Å²) in [4.78, 5) is 11.8. The molecule has 1 aromatic heterocycles. The topological polar surface area (TPSA) is 54.3 Å². The van der Waals surface area contributed by atoms with Crippen molar-refractivity contribution in [1.29, 1.82) is 0 Å². The van der Waals surface area contributed by atoms with Gasteiger partial charge in [-0.05, 0) is 29.8 Å². The summed E-state index contributed by atoms with van der Waals surface area (Å²) >= 11 is 5.89. The Morgan fingerprint density at radius 1 is 1.19 bits per heavy atom. The van der Waals surface area contributed by atoms with Gasteiger partial charge < -0.3 is 15.1 Å². The average Bonchev–Trinajstić information content (AvgIpc) is 2.97. The highest BCUT2D eigenvalue weighted by molar-refractivity contribution is 6.30. The summed E-state index contributed by atoms with van der Waals surface area (Å²) in [6, 6.07) is 11.1. The van der Waals surface area contributed by atoms with E-state index >= 15 is 0 Å². The van der Waals surface area contributed by atoms with E-state index in [1.54, 1.807) is 12.3 Å². The maximum absolute atomic E-state index is 11.8. The van der Waals surface area contributed by atoms with E-state index in [4.69, 9.17) is 16.0 Å². The molecule has 4 nitrogen and oxygen atoms in total. The molecule has 0 saturated heterocycles. The van der Waals surface area contributed by atoms with Crippen LogP contribution in [-0.4, -0.2) is 12.6 Å². The zero-order valence-corrected chi connectivity index (χ0v) is 12.9. The Morgan fingerprint density at radius 3 is 2.52 bits per heavy atom. The quantitative estimate of drug-likeness (QED) is 0.884. The van der Waals surface area contributed by atoms with E-state index in [1.807, 2.05) is 30.3 Å². The van der Waals surface area contributed by atoms with Crippen molar-refractivity contribution >= 4 is 17.6 Å². The molecule has 112 valence electrons. The van der Waals surface area contributed by atoms with Crippen molar-refractivity contribution in [3.05, 3.63) is 59.0 Å². The maximum Gasteiger partial charge on any atom is 0.315 e. The minimum absolute atomic E-state index is 0.174. The first-order valence-electron chi connectivity index (χ1n) is 6.77. The van der Waals surface area contributed by atoms with E-state index in [-0.39, 0.29) is 11.4 Å². The lowest BCUT2D eigenvalue weighted by molar-refractivity contribution is 0.237. The number of amides is 2. The third kappa shape index (κ3) is 4.53. The number of hydrogen-bond acceptors (Lipinski definition) is 2. The fraction of sp³-hybridized carbons (Fsp3) is 0.312. The first kappa shape index (κ1) is 15.4. The van der Waals surface area contributed by atoms with Crippen molar-refractivity contribution in [2.75, 3.05) is 6.54 Å². The smallest absolute Gasteiger partial charge is 0.315 e. The molecule has 2 rings (SSSR count). The SMILES string of the molecule is CC(C)(CNC(=O)NCc1ccco1)c1ccc(Cl)cc1. The zero-order chi connectivity index (χ0) is 15.3. The van der Waals surface area contributed by atoms with Crippen LogP contribution in [0.5, 0.6) is 0 Å². The van der Waals surface area contributed by atoms with Crippen LogP contribution in [0, 0.1) is 0 Å². The highest BCUT2D eigenvalue weighted by atomic mass is 35.5. The first-order chi connectivity index (χ1) is 9.97. The van der Waals surface area contributed by atoms with Crippen molar-refractivity contribution in [3.63, 3.8) is 0 Å². The van der Waals surface area contributed by atoms with Crippen molar-refractivity contribution in [2.24, 2.45) is 0 Å². The van der Waals surface area contributed by atoms with Gasteiger partial charge in [-0.25, -0.2) is 4.79 Å². The molecule has 0 saturated carbocycles. The van der Waals surface area contributed by atoms with Crippen molar-refractivity contribution < 1.29 is 9.21 Å². The number of halogens is 1. The third-order valence-corrected chi connectivity index (χ3v) is 3.57. The lowest BCUT2D eigenvalue weighted by atomic mass is 9.85. The number of hydrogen-bond donors (Lipinski definition) is 2. The summed E-state index contributed by atoms with van der Waals surface area (Å²) in [5.74, 6) is 0.724. The molecule has 0 aliphatic carbocycles. The predicted molar refractivity (Wildman–Crippen MR) is 83.4 cm³/mol. The van der Waals surface area contributed by atoms with Crippen LogP contribution in [0.15, 0.2) is 47.1 Å². The predicted octanol–water partition coefficient (Wildman–Crippen LogP) is 3.71. The summed E-state index contributed by atoms with van der Waals surface area (Å²) < 4.78 is 5.15. The molecule has 0 unspecified atom stereocenters. The van der Waals surface area contributed by atoms with E-state index in [2.05, 4.69) is 24.5 Å². The van der Waals surface area contributed by atoms with E-state index in [9.17, 15) is 4.79 Å².